The van der Waals surface area contributed by atoms with E-state index in [1.165, 1.54) is 0 Å². The van der Waals surface area contributed by atoms with Crippen molar-refractivity contribution in [1.82, 2.24) is 5.32 Å². The third-order valence-electron chi connectivity index (χ3n) is 9.16. The Kier molecular flexibility index (Phi) is 17.4. The van der Waals surface area contributed by atoms with E-state index in [1.54, 1.807) is 33.8 Å². The molecule has 1 amide bonds. The normalized spacial score (nSPS) is 22.7. The van der Waals surface area contributed by atoms with Crippen molar-refractivity contribution in [1.29, 1.82) is 0 Å². The number of carbonyl (C=O) groups is 7. The summed E-state index contributed by atoms with van der Waals surface area (Å²) in [6, 6.07) is 0. The van der Waals surface area contributed by atoms with E-state index >= 15 is 0 Å². The van der Waals surface area contributed by atoms with Gasteiger partial charge in [-0.1, -0.05) is 26.0 Å². The number of aliphatic hydroxyl groups is 1. The molecule has 5 unspecified atom stereocenters. The lowest BCUT2D eigenvalue weighted by molar-refractivity contribution is -0.162. The van der Waals surface area contributed by atoms with E-state index in [0.29, 0.717) is 25.7 Å². The number of nitrogens with one attached hydrogen (secondary N) is 1. The Bertz CT molecular complexity index is 1190. The smallest absolute Gasteiger partial charge is 0.311 e. The number of carboxylic acid groups (broad SMARTS) is 3. The molecule has 278 valence electrons. The average molecular weight is 700 g/mol. The number of hydrogen-bond donors (Lipinski definition) is 5. The van der Waals surface area contributed by atoms with Crippen molar-refractivity contribution < 1.29 is 68.2 Å². The van der Waals surface area contributed by atoms with Crippen LogP contribution in [0.5, 0.6) is 0 Å². The molecule has 0 saturated heterocycles. The highest BCUT2D eigenvalue weighted by molar-refractivity contribution is 5.85. The monoisotopic (exact) mass is 699 g/mol. The van der Waals surface area contributed by atoms with Crippen LogP contribution in [-0.2, 0) is 47.8 Å². The first-order chi connectivity index (χ1) is 22.8. The number of esters is 3. The number of aliphatic hydroxyl groups excluding tert-OH is 1. The number of ether oxygens (including phenoxy) is 3. The van der Waals surface area contributed by atoms with Gasteiger partial charge in [-0.3, -0.25) is 33.6 Å². The Morgan fingerprint density at radius 1 is 0.694 bits per heavy atom. The molecule has 5 N–H and O–H groups in total. The summed E-state index contributed by atoms with van der Waals surface area (Å²) in [6.07, 6.45) is 4.38. The standard InChI is InChI=1S/C18H28O9.C16H25NO5/c1-4-18(2,3)17(25)27-9-13(19)8-26-16(24)12-6-10(14(20)21)5-11(7-12)15(22)23;1-4-16(2,3)15(21)22-10-9-17-13(18)11-7-5-6-8-12(11)14(19)20/h10-13,19H,4-9H2,1-3H3,(H,20,21)(H,22,23);5-6,11-12H,4,7-10H2,1-3H3,(H,17,18)(H,19,20). The van der Waals surface area contributed by atoms with E-state index in [0.717, 1.165) is 0 Å². The quantitative estimate of drug-likeness (QED) is 0.0674. The molecule has 2 aliphatic carbocycles. The summed E-state index contributed by atoms with van der Waals surface area (Å²) in [7, 11) is 0. The number of carboxylic acids is 3. The molecular weight excluding hydrogens is 646 g/mol. The Morgan fingerprint density at radius 3 is 1.61 bits per heavy atom. The Labute approximate surface area is 286 Å². The molecule has 5 atom stereocenters. The van der Waals surface area contributed by atoms with E-state index in [1.807, 2.05) is 19.9 Å². The van der Waals surface area contributed by atoms with Crippen LogP contribution < -0.4 is 5.32 Å². The first kappa shape index (κ1) is 43.0. The summed E-state index contributed by atoms with van der Waals surface area (Å²) in [6.45, 7) is 10.3. The van der Waals surface area contributed by atoms with Crippen LogP contribution in [0.3, 0.4) is 0 Å². The first-order valence-electron chi connectivity index (χ1n) is 16.6. The van der Waals surface area contributed by atoms with E-state index in [4.69, 9.17) is 29.5 Å². The van der Waals surface area contributed by atoms with E-state index < -0.39 is 83.0 Å². The zero-order valence-electron chi connectivity index (χ0n) is 29.3. The van der Waals surface area contributed by atoms with Gasteiger partial charge in [0.25, 0.3) is 0 Å². The van der Waals surface area contributed by atoms with Crippen LogP contribution in [0.25, 0.3) is 0 Å². The highest BCUT2D eigenvalue weighted by Crippen LogP contribution is 2.35. The molecule has 0 radical (unpaired) electrons. The number of amides is 1. The molecule has 1 fully saturated rings. The summed E-state index contributed by atoms with van der Waals surface area (Å²) < 4.78 is 15.1. The van der Waals surface area contributed by atoms with Crippen molar-refractivity contribution in [2.45, 2.75) is 92.6 Å². The molecule has 0 aliphatic heterocycles. The fourth-order valence-corrected chi connectivity index (χ4v) is 4.94. The maximum atomic E-state index is 12.2. The lowest BCUT2D eigenvalue weighted by Gasteiger charge is -2.29. The van der Waals surface area contributed by atoms with Crippen molar-refractivity contribution in [3.63, 3.8) is 0 Å². The second kappa shape index (κ2) is 19.9. The van der Waals surface area contributed by atoms with Crippen LogP contribution in [0.1, 0.15) is 86.5 Å². The maximum absolute atomic E-state index is 12.2. The zero-order valence-corrected chi connectivity index (χ0v) is 29.3. The highest BCUT2D eigenvalue weighted by Gasteiger charge is 2.40. The molecular formula is C34H53NO14. The number of allylic oxidation sites excluding steroid dienone is 2. The van der Waals surface area contributed by atoms with Gasteiger partial charge in [0.15, 0.2) is 0 Å². The van der Waals surface area contributed by atoms with Gasteiger partial charge in [-0.25, -0.2) is 0 Å². The minimum Gasteiger partial charge on any atom is -0.481 e. The second-order valence-electron chi connectivity index (χ2n) is 13.8. The van der Waals surface area contributed by atoms with Crippen LogP contribution in [0.15, 0.2) is 12.2 Å². The molecule has 0 heterocycles. The van der Waals surface area contributed by atoms with Gasteiger partial charge in [0, 0.05) is 0 Å². The molecule has 2 rings (SSSR count). The van der Waals surface area contributed by atoms with E-state index in [-0.39, 0.29) is 50.9 Å². The highest BCUT2D eigenvalue weighted by atomic mass is 16.6. The number of hydrogen-bond acceptors (Lipinski definition) is 11. The fourth-order valence-electron chi connectivity index (χ4n) is 4.94. The molecule has 0 spiro atoms. The fraction of sp³-hybridized carbons (Fsp3) is 0.735. The van der Waals surface area contributed by atoms with Gasteiger partial charge in [0.1, 0.15) is 25.9 Å². The predicted molar refractivity (Wildman–Crippen MR) is 173 cm³/mol. The van der Waals surface area contributed by atoms with Crippen LogP contribution in [0, 0.1) is 40.4 Å². The van der Waals surface area contributed by atoms with Crippen molar-refractivity contribution >= 4 is 41.7 Å². The molecule has 2 aliphatic rings. The van der Waals surface area contributed by atoms with Crippen LogP contribution in [-0.4, -0.2) is 94.6 Å². The van der Waals surface area contributed by atoms with Gasteiger partial charge in [0.2, 0.25) is 5.91 Å². The van der Waals surface area contributed by atoms with Gasteiger partial charge in [0.05, 0.1) is 47.0 Å². The molecule has 0 bridgehead atoms. The molecule has 1 saturated carbocycles. The summed E-state index contributed by atoms with van der Waals surface area (Å²) in [5.74, 6) is -9.07. The summed E-state index contributed by atoms with van der Waals surface area (Å²) in [4.78, 5) is 81.3. The maximum Gasteiger partial charge on any atom is 0.311 e. The second-order valence-corrected chi connectivity index (χ2v) is 13.8. The van der Waals surface area contributed by atoms with Crippen LogP contribution >= 0.6 is 0 Å². The van der Waals surface area contributed by atoms with Crippen molar-refractivity contribution in [3.8, 4) is 0 Å². The van der Waals surface area contributed by atoms with Gasteiger partial charge in [-0.05, 0) is 72.6 Å². The molecule has 49 heavy (non-hydrogen) atoms. The molecule has 15 heteroatoms. The van der Waals surface area contributed by atoms with E-state index in [2.05, 4.69) is 5.32 Å². The van der Waals surface area contributed by atoms with Crippen molar-refractivity contribution in [3.05, 3.63) is 12.2 Å². The number of carbonyl (C=O) groups excluding carboxylic acids is 4. The SMILES string of the molecule is CCC(C)(C)C(=O)OCC(O)COC(=O)C1CC(C(=O)O)CC(C(=O)O)C1.CCC(C)(C)C(=O)OCCNC(=O)C1CC=CCC1C(=O)O. The van der Waals surface area contributed by atoms with Crippen molar-refractivity contribution in [2.24, 2.45) is 40.4 Å². The van der Waals surface area contributed by atoms with Crippen LogP contribution in [0.2, 0.25) is 0 Å². The number of aliphatic carboxylic acids is 3. The summed E-state index contributed by atoms with van der Waals surface area (Å²) in [5.41, 5.74) is -1.22. The minimum absolute atomic E-state index is 0.00623. The molecule has 0 aromatic heterocycles. The minimum atomic E-state index is -1.22. The lowest BCUT2D eigenvalue weighted by Crippen LogP contribution is -2.40. The molecule has 15 nitrogen and oxygen atoms in total. The van der Waals surface area contributed by atoms with Crippen LogP contribution in [0.4, 0.5) is 0 Å². The third-order valence-corrected chi connectivity index (χ3v) is 9.16. The molecule has 0 aromatic carbocycles. The average Bonchev–Trinajstić information content (AvgIpc) is 3.07. The lowest BCUT2D eigenvalue weighted by atomic mass is 9.75. The Morgan fingerprint density at radius 2 is 1.14 bits per heavy atom. The van der Waals surface area contributed by atoms with Gasteiger partial charge in [-0.2, -0.15) is 0 Å². The zero-order chi connectivity index (χ0) is 37.5. The Balaban J connectivity index is 0.000000500. The Hall–Kier alpha value is -4.01. The first-order valence-corrected chi connectivity index (χ1v) is 16.6. The van der Waals surface area contributed by atoms with Gasteiger partial charge in [-0.15, -0.1) is 0 Å². The third kappa shape index (κ3) is 14.2. The number of rotatable bonds is 16. The predicted octanol–water partition coefficient (Wildman–Crippen LogP) is 2.82. The largest absolute Gasteiger partial charge is 0.481 e. The summed E-state index contributed by atoms with van der Waals surface area (Å²) in [5, 5.41) is 39.9. The summed E-state index contributed by atoms with van der Waals surface area (Å²) >= 11 is 0. The van der Waals surface area contributed by atoms with Gasteiger partial charge < -0.3 is 40.0 Å². The molecule has 0 aromatic rings. The van der Waals surface area contributed by atoms with Gasteiger partial charge >= 0.3 is 35.8 Å². The van der Waals surface area contributed by atoms with E-state index in [9.17, 15) is 38.7 Å². The van der Waals surface area contributed by atoms with Crippen molar-refractivity contribution in [2.75, 3.05) is 26.4 Å². The topological polar surface area (TPSA) is 240 Å².